The summed E-state index contributed by atoms with van der Waals surface area (Å²) in [4.78, 5) is 18.5. The zero-order chi connectivity index (χ0) is 11.8. The Balaban J connectivity index is 2.17. The van der Waals surface area contributed by atoms with Gasteiger partial charge in [0.05, 0.1) is 16.8 Å². The molecule has 86 valence electrons. The van der Waals surface area contributed by atoms with E-state index in [9.17, 15) is 4.79 Å². The minimum absolute atomic E-state index is 0.118. The van der Waals surface area contributed by atoms with Gasteiger partial charge in [-0.15, -0.1) is 0 Å². The van der Waals surface area contributed by atoms with Crippen LogP contribution in [0.4, 0.5) is 5.69 Å². The topological polar surface area (TPSA) is 33.2 Å². The van der Waals surface area contributed by atoms with Crippen LogP contribution < -0.4 is 4.90 Å². The zero-order valence-electron chi connectivity index (χ0n) is 9.81. The quantitative estimate of drug-likeness (QED) is 0.806. The number of hydrogen-bond acceptors (Lipinski definition) is 2. The van der Waals surface area contributed by atoms with E-state index in [1.54, 1.807) is 6.20 Å². The van der Waals surface area contributed by atoms with Gasteiger partial charge in [0.2, 0.25) is 0 Å². The molecule has 1 aliphatic heterocycles. The summed E-state index contributed by atoms with van der Waals surface area (Å²) in [5.41, 5.74) is 2.72. The molecule has 1 amide bonds. The minimum atomic E-state index is 0.118. The van der Waals surface area contributed by atoms with Gasteiger partial charge in [0, 0.05) is 18.1 Å². The lowest BCUT2D eigenvalue weighted by Gasteiger charge is -2.16. The summed E-state index contributed by atoms with van der Waals surface area (Å²) in [5.74, 6) is 0.118. The van der Waals surface area contributed by atoms with Gasteiger partial charge >= 0.3 is 0 Å². The lowest BCUT2D eigenvalue weighted by atomic mass is 10.1. The molecule has 0 saturated heterocycles. The fourth-order valence-electron chi connectivity index (χ4n) is 2.38. The van der Waals surface area contributed by atoms with Crippen molar-refractivity contribution in [1.29, 1.82) is 0 Å². The molecule has 0 fully saturated rings. The molecule has 3 heteroatoms. The molecular formula is C14H14N2O. The first kappa shape index (κ1) is 10.3. The van der Waals surface area contributed by atoms with Gasteiger partial charge in [-0.05, 0) is 24.6 Å². The Morgan fingerprint density at radius 2 is 2.18 bits per heavy atom. The van der Waals surface area contributed by atoms with Crippen molar-refractivity contribution >= 4 is 22.5 Å². The van der Waals surface area contributed by atoms with Crippen molar-refractivity contribution in [3.8, 4) is 0 Å². The molecule has 2 aromatic rings. The minimum Gasteiger partial charge on any atom is -0.308 e. The number of anilines is 1. The van der Waals surface area contributed by atoms with Crippen LogP contribution in [0.5, 0.6) is 0 Å². The van der Waals surface area contributed by atoms with Crippen molar-refractivity contribution < 1.29 is 4.79 Å². The van der Waals surface area contributed by atoms with Gasteiger partial charge in [0.25, 0.3) is 5.91 Å². The molecule has 0 aliphatic carbocycles. The van der Waals surface area contributed by atoms with E-state index in [-0.39, 0.29) is 5.91 Å². The third-order valence-corrected chi connectivity index (χ3v) is 3.25. The van der Waals surface area contributed by atoms with E-state index in [1.807, 2.05) is 29.2 Å². The van der Waals surface area contributed by atoms with Crippen LogP contribution in [0.3, 0.4) is 0 Å². The van der Waals surface area contributed by atoms with Crippen molar-refractivity contribution in [3.63, 3.8) is 0 Å². The fraction of sp³-hybridized carbons (Fsp3) is 0.286. The number of unbranched alkanes of at least 4 members (excludes halogenated alkanes) is 1. The van der Waals surface area contributed by atoms with E-state index in [0.29, 0.717) is 0 Å². The Bertz CT molecular complexity index is 587. The van der Waals surface area contributed by atoms with Crippen LogP contribution in [-0.4, -0.2) is 17.4 Å². The number of carbonyl (C=O) groups is 1. The van der Waals surface area contributed by atoms with Crippen LogP contribution in [0.1, 0.15) is 30.1 Å². The molecule has 0 N–H and O–H groups in total. The molecule has 0 radical (unpaired) electrons. The maximum atomic E-state index is 12.3. The molecular weight excluding hydrogens is 212 g/mol. The lowest BCUT2D eigenvalue weighted by molar-refractivity contribution is 0.0993. The van der Waals surface area contributed by atoms with Crippen molar-refractivity contribution in [3.05, 3.63) is 36.0 Å². The van der Waals surface area contributed by atoms with Gasteiger partial charge in [-0.2, -0.15) is 0 Å². The number of amides is 1. The first-order valence-corrected chi connectivity index (χ1v) is 6.02. The van der Waals surface area contributed by atoms with Crippen molar-refractivity contribution in [1.82, 2.24) is 4.98 Å². The monoisotopic (exact) mass is 226 g/mol. The highest BCUT2D eigenvalue weighted by molar-refractivity contribution is 6.24. The summed E-state index contributed by atoms with van der Waals surface area (Å²) in [6.45, 7) is 2.93. The Kier molecular flexibility index (Phi) is 2.32. The second kappa shape index (κ2) is 3.84. The summed E-state index contributed by atoms with van der Waals surface area (Å²) in [6, 6.07) is 7.75. The summed E-state index contributed by atoms with van der Waals surface area (Å²) in [7, 11) is 0. The van der Waals surface area contributed by atoms with E-state index in [4.69, 9.17) is 0 Å². The Hall–Kier alpha value is -1.90. The fourth-order valence-corrected chi connectivity index (χ4v) is 2.38. The summed E-state index contributed by atoms with van der Waals surface area (Å²) >= 11 is 0. The highest BCUT2D eigenvalue weighted by atomic mass is 16.2. The van der Waals surface area contributed by atoms with Crippen molar-refractivity contribution in [2.45, 2.75) is 19.8 Å². The third kappa shape index (κ3) is 1.42. The van der Waals surface area contributed by atoms with Crippen LogP contribution in [-0.2, 0) is 0 Å². The normalized spacial score (nSPS) is 13.7. The van der Waals surface area contributed by atoms with E-state index in [2.05, 4.69) is 11.9 Å². The molecule has 1 aliphatic rings. The smallest absolute Gasteiger partial charge is 0.259 e. The van der Waals surface area contributed by atoms with Gasteiger partial charge in [-0.3, -0.25) is 9.78 Å². The standard InChI is InChI=1S/C14H14N2O/c1-2-3-9-16-12-6-4-5-11-13(12)10(14(16)17)7-8-15-11/h4-8H,2-3,9H2,1H3. The second-order valence-corrected chi connectivity index (χ2v) is 4.34. The average molecular weight is 226 g/mol. The number of hydrogen-bond donors (Lipinski definition) is 0. The van der Waals surface area contributed by atoms with Gasteiger partial charge in [0.15, 0.2) is 0 Å². The van der Waals surface area contributed by atoms with Crippen LogP contribution in [0, 0.1) is 0 Å². The maximum Gasteiger partial charge on any atom is 0.259 e. The van der Waals surface area contributed by atoms with Gasteiger partial charge in [-0.1, -0.05) is 19.4 Å². The van der Waals surface area contributed by atoms with Crippen molar-refractivity contribution in [2.75, 3.05) is 11.4 Å². The van der Waals surface area contributed by atoms with Crippen LogP contribution in [0.15, 0.2) is 30.5 Å². The first-order chi connectivity index (χ1) is 8.33. The number of pyridine rings is 1. The maximum absolute atomic E-state index is 12.3. The van der Waals surface area contributed by atoms with Gasteiger partial charge in [-0.25, -0.2) is 0 Å². The predicted molar refractivity (Wildman–Crippen MR) is 68.3 cm³/mol. The number of rotatable bonds is 3. The SMILES string of the molecule is CCCCN1C(=O)c2ccnc3cccc1c23. The third-order valence-electron chi connectivity index (χ3n) is 3.25. The summed E-state index contributed by atoms with van der Waals surface area (Å²) in [5, 5.41) is 1.01. The molecule has 0 atom stereocenters. The van der Waals surface area contributed by atoms with E-state index < -0.39 is 0 Å². The van der Waals surface area contributed by atoms with Crippen LogP contribution in [0.2, 0.25) is 0 Å². The first-order valence-electron chi connectivity index (χ1n) is 6.02. The zero-order valence-corrected chi connectivity index (χ0v) is 9.81. The Labute approximate surface area is 100 Å². The number of benzene rings is 1. The van der Waals surface area contributed by atoms with E-state index in [0.717, 1.165) is 41.5 Å². The Morgan fingerprint density at radius 3 is 3.00 bits per heavy atom. The number of carbonyl (C=O) groups excluding carboxylic acids is 1. The number of nitrogens with zero attached hydrogens (tertiary/aromatic N) is 2. The molecule has 1 aromatic heterocycles. The lowest BCUT2D eigenvalue weighted by Crippen LogP contribution is -2.27. The summed E-state index contributed by atoms with van der Waals surface area (Å²) < 4.78 is 0. The van der Waals surface area contributed by atoms with Gasteiger partial charge in [0.1, 0.15) is 0 Å². The average Bonchev–Trinajstić information content (AvgIpc) is 2.64. The van der Waals surface area contributed by atoms with Gasteiger partial charge < -0.3 is 4.90 Å². The van der Waals surface area contributed by atoms with Crippen molar-refractivity contribution in [2.24, 2.45) is 0 Å². The molecule has 3 nitrogen and oxygen atoms in total. The second-order valence-electron chi connectivity index (χ2n) is 4.34. The highest BCUT2D eigenvalue weighted by Crippen LogP contribution is 2.36. The van der Waals surface area contributed by atoms with Crippen LogP contribution in [0.25, 0.3) is 10.9 Å². The molecule has 0 saturated carbocycles. The molecule has 3 rings (SSSR count). The van der Waals surface area contributed by atoms with Crippen LogP contribution >= 0.6 is 0 Å². The molecule has 0 bridgehead atoms. The molecule has 17 heavy (non-hydrogen) atoms. The number of aromatic nitrogens is 1. The molecule has 0 unspecified atom stereocenters. The summed E-state index contributed by atoms with van der Waals surface area (Å²) in [6.07, 6.45) is 3.83. The van der Waals surface area contributed by atoms with E-state index >= 15 is 0 Å². The molecule has 1 aromatic carbocycles. The molecule has 2 heterocycles. The highest BCUT2D eigenvalue weighted by Gasteiger charge is 2.29. The predicted octanol–water partition coefficient (Wildman–Crippen LogP) is 3.00. The van der Waals surface area contributed by atoms with E-state index in [1.165, 1.54) is 0 Å². The largest absolute Gasteiger partial charge is 0.308 e. The molecule has 0 spiro atoms. The Morgan fingerprint density at radius 1 is 1.29 bits per heavy atom.